The zero-order valence-corrected chi connectivity index (χ0v) is 28.9. The number of allylic oxidation sites excluding steroid dienone is 10. The zero-order valence-electron chi connectivity index (χ0n) is 28.9. The van der Waals surface area contributed by atoms with Crippen LogP contribution in [0.3, 0.4) is 0 Å². The molecule has 0 saturated heterocycles. The maximum absolute atomic E-state index is 2.45. The van der Waals surface area contributed by atoms with Gasteiger partial charge >= 0.3 is 0 Å². The number of benzene rings is 2. The second kappa shape index (κ2) is 27.7. The molecule has 40 heavy (non-hydrogen) atoms. The number of hydrogen-bond donors (Lipinski definition) is 0. The summed E-state index contributed by atoms with van der Waals surface area (Å²) in [6.45, 7) is 28.0. The maximum Gasteiger partial charge on any atom is 0.0710 e. The molecule has 3 aliphatic carbocycles. The van der Waals surface area contributed by atoms with Gasteiger partial charge in [0.2, 0.25) is 0 Å². The summed E-state index contributed by atoms with van der Waals surface area (Å²) in [7, 11) is 0. The Bertz CT molecular complexity index is 962. The van der Waals surface area contributed by atoms with E-state index in [1.54, 1.807) is 0 Å². The summed E-state index contributed by atoms with van der Waals surface area (Å²) in [4.78, 5) is 0. The van der Waals surface area contributed by atoms with Crippen molar-refractivity contribution >= 4 is 0 Å². The molecule has 0 aliphatic heterocycles. The first-order valence-corrected chi connectivity index (χ1v) is 16.5. The predicted octanol–water partition coefficient (Wildman–Crippen LogP) is 13.9. The predicted molar refractivity (Wildman–Crippen MR) is 190 cm³/mol. The average molecular weight is 545 g/mol. The lowest BCUT2D eigenvalue weighted by atomic mass is 9.65. The normalized spacial score (nSPS) is 13.7. The van der Waals surface area contributed by atoms with Crippen molar-refractivity contribution in [3.05, 3.63) is 119 Å². The Morgan fingerprint density at radius 2 is 0.925 bits per heavy atom. The van der Waals surface area contributed by atoms with Gasteiger partial charge in [-0.1, -0.05) is 194 Å². The number of rotatable bonds is 2. The van der Waals surface area contributed by atoms with E-state index in [1.807, 2.05) is 96.9 Å². The molecule has 2 aromatic rings. The topological polar surface area (TPSA) is 0 Å². The molecule has 5 rings (SSSR count). The van der Waals surface area contributed by atoms with Crippen LogP contribution in [0.15, 0.2) is 108 Å². The first-order chi connectivity index (χ1) is 19.9. The van der Waals surface area contributed by atoms with Crippen molar-refractivity contribution in [1.29, 1.82) is 0 Å². The molecule has 0 saturated carbocycles. The molecule has 0 nitrogen and oxygen atoms in total. The third-order valence-corrected chi connectivity index (χ3v) is 5.79. The fourth-order valence-corrected chi connectivity index (χ4v) is 4.74. The fourth-order valence-electron chi connectivity index (χ4n) is 4.74. The van der Waals surface area contributed by atoms with Gasteiger partial charge in [0.15, 0.2) is 0 Å². The highest BCUT2D eigenvalue weighted by Crippen LogP contribution is 2.57. The zero-order chi connectivity index (χ0) is 31.4. The molecule has 0 fully saturated rings. The molecular formula is C40H64. The monoisotopic (exact) mass is 545 g/mol. The highest BCUT2D eigenvalue weighted by atomic mass is 14.5. The lowest BCUT2D eigenvalue weighted by Gasteiger charge is -2.36. The van der Waals surface area contributed by atoms with E-state index in [1.165, 1.54) is 33.4 Å². The van der Waals surface area contributed by atoms with Crippen LogP contribution in [0.5, 0.6) is 0 Å². The van der Waals surface area contributed by atoms with E-state index in [4.69, 9.17) is 0 Å². The van der Waals surface area contributed by atoms with Crippen LogP contribution in [-0.2, 0) is 5.41 Å². The Kier molecular flexibility index (Phi) is 28.8. The summed E-state index contributed by atoms with van der Waals surface area (Å²) < 4.78 is 0. The molecule has 3 aliphatic rings. The van der Waals surface area contributed by atoms with Gasteiger partial charge in [0, 0.05) is 0 Å². The summed E-state index contributed by atoms with van der Waals surface area (Å²) in [5.41, 5.74) is 8.11. The summed E-state index contributed by atoms with van der Waals surface area (Å²) >= 11 is 0. The third-order valence-electron chi connectivity index (χ3n) is 5.79. The van der Waals surface area contributed by atoms with Crippen LogP contribution in [0.25, 0.3) is 11.1 Å². The van der Waals surface area contributed by atoms with Gasteiger partial charge in [0.25, 0.3) is 0 Å². The van der Waals surface area contributed by atoms with Crippen LogP contribution in [0.1, 0.15) is 127 Å². The quantitative estimate of drug-likeness (QED) is 0.352. The van der Waals surface area contributed by atoms with E-state index in [0.29, 0.717) is 0 Å². The van der Waals surface area contributed by atoms with E-state index in [-0.39, 0.29) is 5.41 Å². The van der Waals surface area contributed by atoms with Crippen LogP contribution in [0.4, 0.5) is 0 Å². The van der Waals surface area contributed by atoms with Crippen LogP contribution in [0, 0.1) is 0 Å². The van der Waals surface area contributed by atoms with E-state index in [9.17, 15) is 0 Å². The molecule has 0 bridgehead atoms. The van der Waals surface area contributed by atoms with Crippen LogP contribution in [0.2, 0.25) is 0 Å². The van der Waals surface area contributed by atoms with Crippen LogP contribution >= 0.6 is 0 Å². The minimum Gasteiger partial charge on any atom is -0.0839 e. The first kappa shape index (κ1) is 41.6. The van der Waals surface area contributed by atoms with Gasteiger partial charge < -0.3 is 0 Å². The Balaban J connectivity index is -0.000000861. The van der Waals surface area contributed by atoms with Crippen molar-refractivity contribution < 1.29 is 0 Å². The van der Waals surface area contributed by atoms with Crippen molar-refractivity contribution in [2.45, 2.75) is 122 Å². The molecule has 0 amide bonds. The van der Waals surface area contributed by atoms with E-state index in [2.05, 4.69) is 97.1 Å². The molecule has 0 spiro atoms. The second-order valence-electron chi connectivity index (χ2n) is 7.17. The SMILES string of the molecule is C1=CCC=CC(C2(C3=CCCC=C3)c3ccccc3-c3ccccc32)=C1.CC.CC.CC.CC.CC.CC.CC. The van der Waals surface area contributed by atoms with Gasteiger partial charge in [-0.25, -0.2) is 0 Å². The van der Waals surface area contributed by atoms with Crippen molar-refractivity contribution in [1.82, 2.24) is 0 Å². The molecular weight excluding hydrogens is 480 g/mol. The summed E-state index contributed by atoms with van der Waals surface area (Å²) in [5.74, 6) is 0. The van der Waals surface area contributed by atoms with Gasteiger partial charge in [0.05, 0.1) is 5.41 Å². The van der Waals surface area contributed by atoms with Crippen molar-refractivity contribution in [2.75, 3.05) is 0 Å². The Labute approximate surface area is 251 Å². The highest BCUT2D eigenvalue weighted by molar-refractivity contribution is 5.87. The lowest BCUT2D eigenvalue weighted by Crippen LogP contribution is -2.30. The summed E-state index contributed by atoms with van der Waals surface area (Å²) in [6.07, 6.45) is 21.8. The Morgan fingerprint density at radius 1 is 0.475 bits per heavy atom. The molecule has 0 heteroatoms. The van der Waals surface area contributed by atoms with Crippen LogP contribution in [-0.4, -0.2) is 0 Å². The Hall–Kier alpha value is -2.86. The maximum atomic E-state index is 2.45. The second-order valence-corrected chi connectivity index (χ2v) is 7.17. The molecule has 0 aromatic heterocycles. The van der Waals surface area contributed by atoms with Gasteiger partial charge in [-0.3, -0.25) is 0 Å². The summed E-state index contributed by atoms with van der Waals surface area (Å²) in [5, 5.41) is 0. The lowest BCUT2D eigenvalue weighted by molar-refractivity contribution is 0.750. The third kappa shape index (κ3) is 9.96. The van der Waals surface area contributed by atoms with Gasteiger partial charge in [-0.2, -0.15) is 0 Å². The summed E-state index contributed by atoms with van der Waals surface area (Å²) in [6, 6.07) is 17.9. The molecule has 0 radical (unpaired) electrons. The molecule has 0 atom stereocenters. The van der Waals surface area contributed by atoms with Crippen molar-refractivity contribution in [3.63, 3.8) is 0 Å². The number of fused-ring (bicyclic) bond motifs is 3. The Morgan fingerprint density at radius 3 is 1.38 bits per heavy atom. The van der Waals surface area contributed by atoms with Gasteiger partial charge in [0.1, 0.15) is 0 Å². The van der Waals surface area contributed by atoms with E-state index in [0.717, 1.165) is 19.3 Å². The number of hydrogen-bond acceptors (Lipinski definition) is 0. The molecule has 0 heterocycles. The average Bonchev–Trinajstić information content (AvgIpc) is 3.20. The smallest absolute Gasteiger partial charge is 0.0710 e. The van der Waals surface area contributed by atoms with Gasteiger partial charge in [-0.15, -0.1) is 0 Å². The fraction of sp³-hybridized carbons (Fsp3) is 0.450. The van der Waals surface area contributed by atoms with Crippen molar-refractivity contribution in [2.24, 2.45) is 0 Å². The minimum absolute atomic E-state index is 0.213. The highest BCUT2D eigenvalue weighted by Gasteiger charge is 2.47. The van der Waals surface area contributed by atoms with Crippen molar-refractivity contribution in [3.8, 4) is 11.1 Å². The largest absolute Gasteiger partial charge is 0.0839 e. The van der Waals surface area contributed by atoms with Crippen LogP contribution < -0.4 is 0 Å². The standard InChI is InChI=1S/C26H22.7C2H6/c1-2-5-13-20(12-4-1)26(21-14-6-3-7-15-21)24-18-10-8-16-22(24)23-17-9-11-19-25(23)26;7*1-2/h1,4-6,8-19H,2-3,7H2;7*1-2H3. The molecule has 224 valence electrons. The minimum atomic E-state index is -0.213. The molecule has 0 unspecified atom stereocenters. The molecule has 0 N–H and O–H groups in total. The first-order valence-electron chi connectivity index (χ1n) is 16.5. The van der Waals surface area contributed by atoms with E-state index < -0.39 is 0 Å². The molecule has 2 aromatic carbocycles. The van der Waals surface area contributed by atoms with E-state index >= 15 is 0 Å². The van der Waals surface area contributed by atoms with Gasteiger partial charge in [-0.05, 0) is 52.7 Å².